The summed E-state index contributed by atoms with van der Waals surface area (Å²) in [6.07, 6.45) is 5.53. The van der Waals surface area contributed by atoms with Crippen molar-refractivity contribution >= 4 is 12.0 Å². The number of aliphatic carboxylic acids is 1. The summed E-state index contributed by atoms with van der Waals surface area (Å²) in [6, 6.07) is 25.1. The molecule has 166 valence electrons. The molecule has 0 aliphatic heterocycles. The van der Waals surface area contributed by atoms with E-state index in [0.29, 0.717) is 13.0 Å². The molecular formula is C27H28O5. The number of carboxylic acid groups (broad SMARTS) is 1. The van der Waals surface area contributed by atoms with E-state index in [0.717, 1.165) is 41.2 Å². The molecule has 0 aromatic heterocycles. The maximum Gasteiger partial charge on any atom is 0.333 e. The van der Waals surface area contributed by atoms with Crippen molar-refractivity contribution in [3.8, 4) is 17.2 Å². The minimum Gasteiger partial charge on any atom is -0.494 e. The molecule has 0 fully saturated rings. The third-order valence-electron chi connectivity index (χ3n) is 4.86. The van der Waals surface area contributed by atoms with Gasteiger partial charge in [0, 0.05) is 13.5 Å². The highest BCUT2D eigenvalue weighted by molar-refractivity contribution is 5.72. The predicted octanol–water partition coefficient (Wildman–Crippen LogP) is 5.99. The van der Waals surface area contributed by atoms with Gasteiger partial charge in [-0.2, -0.15) is 0 Å². The molecule has 0 heterocycles. The van der Waals surface area contributed by atoms with Crippen LogP contribution in [0.25, 0.3) is 6.08 Å². The minimum absolute atomic E-state index is 0.354. The van der Waals surface area contributed by atoms with Crippen molar-refractivity contribution in [1.82, 2.24) is 0 Å². The maximum absolute atomic E-state index is 11.1. The molecule has 0 amide bonds. The van der Waals surface area contributed by atoms with Gasteiger partial charge >= 0.3 is 5.97 Å². The van der Waals surface area contributed by atoms with Crippen molar-refractivity contribution in [1.29, 1.82) is 0 Å². The Bertz CT molecular complexity index is 979. The van der Waals surface area contributed by atoms with E-state index in [4.69, 9.17) is 19.3 Å². The second-order valence-electron chi connectivity index (χ2n) is 7.29. The molecule has 0 spiro atoms. The standard InChI is InChI=1S/C27H28O5/c1-30-26(27(28)29)20-22-13-11-21(12-14-22)8-4-3-7-19-31-23-15-17-25(18-16-23)32-24-9-5-2-6-10-24/h2,4-6,8-18,26H,3,7,19-20H2,1H3,(H,28,29)/b8-4+/t26-/m0/s1. The fourth-order valence-corrected chi connectivity index (χ4v) is 3.09. The van der Waals surface area contributed by atoms with Crippen LogP contribution in [0.4, 0.5) is 0 Å². The number of carboxylic acids is 1. The van der Waals surface area contributed by atoms with Gasteiger partial charge in [0.05, 0.1) is 6.61 Å². The molecule has 3 rings (SSSR count). The summed E-state index contributed by atoms with van der Waals surface area (Å²) in [5.74, 6) is 1.45. The van der Waals surface area contributed by atoms with Gasteiger partial charge in [-0.15, -0.1) is 0 Å². The summed E-state index contributed by atoms with van der Waals surface area (Å²) in [6.45, 7) is 0.635. The van der Waals surface area contributed by atoms with Gasteiger partial charge in [-0.25, -0.2) is 4.79 Å². The Kier molecular flexibility index (Phi) is 8.90. The zero-order valence-electron chi connectivity index (χ0n) is 18.1. The van der Waals surface area contributed by atoms with Crippen LogP contribution in [0.1, 0.15) is 24.0 Å². The van der Waals surface area contributed by atoms with Crippen LogP contribution in [0.3, 0.4) is 0 Å². The first-order chi connectivity index (χ1) is 15.6. The Morgan fingerprint density at radius 2 is 1.56 bits per heavy atom. The molecule has 5 nitrogen and oxygen atoms in total. The molecule has 0 aliphatic carbocycles. The molecule has 0 saturated heterocycles. The number of unbranched alkanes of at least 4 members (excludes halogenated alkanes) is 1. The van der Waals surface area contributed by atoms with Crippen molar-refractivity contribution in [3.63, 3.8) is 0 Å². The van der Waals surface area contributed by atoms with Crippen LogP contribution in [-0.4, -0.2) is 30.9 Å². The number of carbonyl (C=O) groups is 1. The third kappa shape index (κ3) is 7.60. The number of benzene rings is 3. The van der Waals surface area contributed by atoms with Crippen LogP contribution >= 0.6 is 0 Å². The van der Waals surface area contributed by atoms with Gasteiger partial charge in [0.25, 0.3) is 0 Å². The summed E-state index contributed by atoms with van der Waals surface area (Å²) >= 11 is 0. The average molecular weight is 433 g/mol. The lowest BCUT2D eigenvalue weighted by molar-refractivity contribution is -0.148. The number of methoxy groups -OCH3 is 1. The number of rotatable bonds is 12. The summed E-state index contributed by atoms with van der Waals surface area (Å²) in [4.78, 5) is 11.1. The van der Waals surface area contributed by atoms with Crippen LogP contribution in [-0.2, 0) is 16.0 Å². The van der Waals surface area contributed by atoms with E-state index >= 15 is 0 Å². The van der Waals surface area contributed by atoms with Gasteiger partial charge in [0.15, 0.2) is 6.10 Å². The highest BCUT2D eigenvalue weighted by Gasteiger charge is 2.16. The molecule has 1 N–H and O–H groups in total. The van der Waals surface area contributed by atoms with Crippen LogP contribution in [0.2, 0.25) is 0 Å². The summed E-state index contributed by atoms with van der Waals surface area (Å²) in [5, 5.41) is 9.06. The van der Waals surface area contributed by atoms with Crippen molar-refractivity contribution in [3.05, 3.63) is 96.1 Å². The number of hydrogen-bond donors (Lipinski definition) is 1. The van der Waals surface area contributed by atoms with Gasteiger partial charge in [0.1, 0.15) is 17.2 Å². The van der Waals surface area contributed by atoms with E-state index in [1.165, 1.54) is 7.11 Å². The van der Waals surface area contributed by atoms with E-state index in [9.17, 15) is 4.79 Å². The van der Waals surface area contributed by atoms with E-state index in [1.54, 1.807) is 0 Å². The topological polar surface area (TPSA) is 65.0 Å². The zero-order chi connectivity index (χ0) is 22.6. The molecule has 0 unspecified atom stereocenters. The van der Waals surface area contributed by atoms with Crippen LogP contribution in [0.5, 0.6) is 17.2 Å². The normalized spacial score (nSPS) is 11.9. The predicted molar refractivity (Wildman–Crippen MR) is 125 cm³/mol. The fourth-order valence-electron chi connectivity index (χ4n) is 3.09. The second-order valence-corrected chi connectivity index (χ2v) is 7.29. The first-order valence-electron chi connectivity index (χ1n) is 10.6. The molecule has 0 bridgehead atoms. The quantitative estimate of drug-likeness (QED) is 0.356. The lowest BCUT2D eigenvalue weighted by Gasteiger charge is -2.10. The maximum atomic E-state index is 11.1. The molecule has 32 heavy (non-hydrogen) atoms. The Hall–Kier alpha value is -3.57. The number of ether oxygens (including phenoxy) is 3. The molecule has 0 aliphatic rings. The number of allylic oxidation sites excluding steroid dienone is 1. The van der Waals surface area contributed by atoms with Gasteiger partial charge in [-0.1, -0.05) is 54.6 Å². The Morgan fingerprint density at radius 3 is 2.22 bits per heavy atom. The van der Waals surface area contributed by atoms with Crippen molar-refractivity contribution < 1.29 is 24.1 Å². The highest BCUT2D eigenvalue weighted by atomic mass is 16.5. The molecule has 3 aromatic carbocycles. The van der Waals surface area contributed by atoms with Gasteiger partial charge in [-0.05, 0) is 60.4 Å². The van der Waals surface area contributed by atoms with Gasteiger partial charge in [-0.3, -0.25) is 0 Å². The van der Waals surface area contributed by atoms with Crippen molar-refractivity contribution in [2.45, 2.75) is 25.4 Å². The molecule has 3 aromatic rings. The number of para-hydroxylation sites is 1. The largest absolute Gasteiger partial charge is 0.494 e. The summed E-state index contributed by atoms with van der Waals surface area (Å²) < 4.78 is 16.6. The van der Waals surface area contributed by atoms with Gasteiger partial charge in [0.2, 0.25) is 0 Å². The van der Waals surface area contributed by atoms with E-state index < -0.39 is 12.1 Å². The van der Waals surface area contributed by atoms with Crippen LogP contribution in [0.15, 0.2) is 84.9 Å². The van der Waals surface area contributed by atoms with E-state index in [-0.39, 0.29) is 0 Å². The lowest BCUT2D eigenvalue weighted by atomic mass is 10.1. The highest BCUT2D eigenvalue weighted by Crippen LogP contribution is 2.23. The first-order valence-corrected chi connectivity index (χ1v) is 10.6. The Balaban J connectivity index is 1.36. The minimum atomic E-state index is -0.949. The average Bonchev–Trinajstić information content (AvgIpc) is 2.82. The Labute approximate surface area is 188 Å². The lowest BCUT2D eigenvalue weighted by Crippen LogP contribution is -2.24. The van der Waals surface area contributed by atoms with Crippen molar-refractivity contribution in [2.75, 3.05) is 13.7 Å². The van der Waals surface area contributed by atoms with Gasteiger partial charge < -0.3 is 19.3 Å². The summed E-state index contributed by atoms with van der Waals surface area (Å²) in [7, 11) is 1.41. The third-order valence-corrected chi connectivity index (χ3v) is 4.86. The smallest absolute Gasteiger partial charge is 0.333 e. The zero-order valence-corrected chi connectivity index (χ0v) is 18.1. The second kappa shape index (κ2) is 12.3. The summed E-state index contributed by atoms with van der Waals surface area (Å²) in [5.41, 5.74) is 2.01. The fraction of sp³-hybridized carbons (Fsp3) is 0.222. The van der Waals surface area contributed by atoms with Crippen LogP contribution < -0.4 is 9.47 Å². The molecule has 0 radical (unpaired) electrons. The van der Waals surface area contributed by atoms with Crippen molar-refractivity contribution in [2.24, 2.45) is 0 Å². The van der Waals surface area contributed by atoms with Crippen LogP contribution in [0, 0.1) is 0 Å². The molecular weight excluding hydrogens is 404 g/mol. The molecule has 1 atom stereocenters. The number of hydrogen-bond acceptors (Lipinski definition) is 4. The SMILES string of the molecule is CO[C@@H](Cc1ccc(/C=C/CCCOc2ccc(Oc3ccccc3)cc2)cc1)C(=O)O. The molecule has 5 heteroatoms. The first kappa shape index (κ1) is 23.1. The Morgan fingerprint density at radius 1 is 0.906 bits per heavy atom. The van der Waals surface area contributed by atoms with E-state index in [1.807, 2.05) is 78.9 Å². The monoisotopic (exact) mass is 432 g/mol. The molecule has 0 saturated carbocycles. The van der Waals surface area contributed by atoms with E-state index in [2.05, 4.69) is 12.2 Å².